The number of carbonyl (C=O) groups is 1. The first kappa shape index (κ1) is 18.6. The van der Waals surface area contributed by atoms with Crippen molar-refractivity contribution in [1.29, 1.82) is 0 Å². The van der Waals surface area contributed by atoms with E-state index in [0.29, 0.717) is 28.8 Å². The fourth-order valence-corrected chi connectivity index (χ4v) is 3.27. The van der Waals surface area contributed by atoms with Crippen LogP contribution in [0.4, 0.5) is 5.69 Å². The summed E-state index contributed by atoms with van der Waals surface area (Å²) in [5.74, 6) is 0.868. The highest BCUT2D eigenvalue weighted by atomic mass is 35.5. The minimum Gasteiger partial charge on any atom is -0.489 e. The Labute approximate surface area is 167 Å². The van der Waals surface area contributed by atoms with Gasteiger partial charge in [-0.1, -0.05) is 29.8 Å². The van der Waals surface area contributed by atoms with Crippen molar-refractivity contribution in [2.24, 2.45) is 0 Å². The third kappa shape index (κ3) is 4.55. The number of hydrogen-bond acceptors (Lipinski definition) is 4. The van der Waals surface area contributed by atoms with E-state index in [2.05, 4.69) is 5.32 Å². The van der Waals surface area contributed by atoms with Gasteiger partial charge in [0.25, 0.3) is 0 Å². The SMILES string of the molecule is O=C(C=Cc1cc2ccccc2o1)Nc1cc(Cl)ccc1OCC1CCCO1. The number of amides is 1. The lowest BCUT2D eigenvalue weighted by molar-refractivity contribution is -0.111. The van der Waals surface area contributed by atoms with Crippen LogP contribution in [0.1, 0.15) is 18.6 Å². The molecule has 0 bridgehead atoms. The van der Waals surface area contributed by atoms with Gasteiger partial charge in [-0.25, -0.2) is 0 Å². The maximum absolute atomic E-state index is 12.4. The highest BCUT2D eigenvalue weighted by Gasteiger charge is 2.17. The summed E-state index contributed by atoms with van der Waals surface area (Å²) < 4.78 is 17.1. The number of para-hydroxylation sites is 1. The average molecular weight is 398 g/mol. The van der Waals surface area contributed by atoms with Crippen LogP contribution in [0.2, 0.25) is 5.02 Å². The summed E-state index contributed by atoms with van der Waals surface area (Å²) in [5.41, 5.74) is 1.30. The molecule has 1 aromatic heterocycles. The third-order valence-electron chi connectivity index (χ3n) is 4.49. The number of nitrogens with one attached hydrogen (secondary N) is 1. The second-order valence-electron chi connectivity index (χ2n) is 6.60. The van der Waals surface area contributed by atoms with E-state index in [1.807, 2.05) is 30.3 Å². The molecule has 1 saturated heterocycles. The molecule has 1 amide bonds. The van der Waals surface area contributed by atoms with Crippen LogP contribution in [0.5, 0.6) is 5.75 Å². The predicted molar refractivity (Wildman–Crippen MR) is 110 cm³/mol. The zero-order valence-electron chi connectivity index (χ0n) is 15.2. The van der Waals surface area contributed by atoms with Crippen molar-refractivity contribution in [2.45, 2.75) is 18.9 Å². The van der Waals surface area contributed by atoms with Crippen molar-refractivity contribution in [1.82, 2.24) is 0 Å². The molecule has 0 radical (unpaired) electrons. The topological polar surface area (TPSA) is 60.7 Å². The molecule has 1 N–H and O–H groups in total. The quantitative estimate of drug-likeness (QED) is 0.573. The molecule has 144 valence electrons. The van der Waals surface area contributed by atoms with Crippen LogP contribution < -0.4 is 10.1 Å². The fraction of sp³-hybridized carbons (Fsp3) is 0.227. The molecule has 0 spiro atoms. The van der Waals surface area contributed by atoms with Gasteiger partial charge >= 0.3 is 0 Å². The molecule has 1 atom stereocenters. The summed E-state index contributed by atoms with van der Waals surface area (Å²) in [7, 11) is 0. The second-order valence-corrected chi connectivity index (χ2v) is 7.03. The Morgan fingerprint density at radius 1 is 1.25 bits per heavy atom. The van der Waals surface area contributed by atoms with Crippen LogP contribution in [0.15, 0.2) is 59.0 Å². The van der Waals surface area contributed by atoms with Crippen molar-refractivity contribution >= 4 is 40.2 Å². The molecule has 2 heterocycles. The molecule has 4 rings (SSSR count). The van der Waals surface area contributed by atoms with Crippen molar-refractivity contribution in [2.75, 3.05) is 18.5 Å². The second kappa shape index (κ2) is 8.50. The summed E-state index contributed by atoms with van der Waals surface area (Å²) in [4.78, 5) is 12.4. The van der Waals surface area contributed by atoms with E-state index < -0.39 is 0 Å². The van der Waals surface area contributed by atoms with Crippen molar-refractivity contribution in [3.8, 4) is 5.75 Å². The third-order valence-corrected chi connectivity index (χ3v) is 4.73. The monoisotopic (exact) mass is 397 g/mol. The predicted octanol–water partition coefficient (Wildman–Crippen LogP) is 5.30. The lowest BCUT2D eigenvalue weighted by Gasteiger charge is -2.15. The number of halogens is 1. The average Bonchev–Trinajstić information content (AvgIpc) is 3.35. The van der Waals surface area contributed by atoms with Crippen LogP contribution in [-0.4, -0.2) is 25.2 Å². The number of anilines is 1. The Bertz CT molecular complexity index is 972. The van der Waals surface area contributed by atoms with E-state index in [0.717, 1.165) is 30.4 Å². The van der Waals surface area contributed by atoms with Crippen LogP contribution in [-0.2, 0) is 9.53 Å². The Kier molecular flexibility index (Phi) is 5.65. The molecule has 0 saturated carbocycles. The van der Waals surface area contributed by atoms with E-state index in [1.54, 1.807) is 24.3 Å². The maximum atomic E-state index is 12.4. The summed E-state index contributed by atoms with van der Waals surface area (Å²) in [6, 6.07) is 14.7. The summed E-state index contributed by atoms with van der Waals surface area (Å²) >= 11 is 6.08. The number of fused-ring (bicyclic) bond motifs is 1. The highest BCUT2D eigenvalue weighted by molar-refractivity contribution is 6.31. The zero-order chi connectivity index (χ0) is 19.3. The molecule has 5 nitrogen and oxygen atoms in total. The number of ether oxygens (including phenoxy) is 2. The van der Waals surface area contributed by atoms with Gasteiger partial charge in [0.2, 0.25) is 5.91 Å². The van der Waals surface area contributed by atoms with Crippen LogP contribution in [0.25, 0.3) is 17.0 Å². The van der Waals surface area contributed by atoms with Crippen molar-refractivity contribution in [3.63, 3.8) is 0 Å². The van der Waals surface area contributed by atoms with Crippen molar-refractivity contribution in [3.05, 3.63) is 65.4 Å². The van der Waals surface area contributed by atoms with Gasteiger partial charge in [-0.15, -0.1) is 0 Å². The van der Waals surface area contributed by atoms with Crippen LogP contribution in [0.3, 0.4) is 0 Å². The molecular formula is C22H20ClNO4. The van der Waals surface area contributed by atoms with Gasteiger partial charge in [0.05, 0.1) is 11.8 Å². The Hall–Kier alpha value is -2.76. The van der Waals surface area contributed by atoms with Gasteiger partial charge in [-0.05, 0) is 49.2 Å². The Morgan fingerprint density at radius 2 is 2.14 bits per heavy atom. The Morgan fingerprint density at radius 3 is 2.96 bits per heavy atom. The Balaban J connectivity index is 1.43. The first-order chi connectivity index (χ1) is 13.7. The number of carbonyl (C=O) groups excluding carboxylic acids is 1. The zero-order valence-corrected chi connectivity index (χ0v) is 15.9. The van der Waals surface area contributed by atoms with E-state index in [4.69, 9.17) is 25.5 Å². The first-order valence-electron chi connectivity index (χ1n) is 9.19. The van der Waals surface area contributed by atoms with E-state index in [9.17, 15) is 4.79 Å². The number of benzene rings is 2. The van der Waals surface area contributed by atoms with Gasteiger partial charge in [0, 0.05) is 23.1 Å². The molecule has 1 aliphatic heterocycles. The molecule has 28 heavy (non-hydrogen) atoms. The standard InChI is InChI=1S/C22H20ClNO4/c23-16-7-9-21(27-14-18-5-3-11-26-18)19(13-16)24-22(25)10-8-17-12-15-4-1-2-6-20(15)28-17/h1-2,4,6-10,12-13,18H,3,5,11,14H2,(H,24,25). The number of rotatable bonds is 6. The first-order valence-corrected chi connectivity index (χ1v) is 9.57. The largest absolute Gasteiger partial charge is 0.489 e. The maximum Gasteiger partial charge on any atom is 0.248 e. The lowest BCUT2D eigenvalue weighted by Crippen LogP contribution is -2.17. The van der Waals surface area contributed by atoms with Crippen molar-refractivity contribution < 1.29 is 18.7 Å². The van der Waals surface area contributed by atoms with Gasteiger partial charge in [-0.2, -0.15) is 0 Å². The molecule has 6 heteroatoms. The number of furan rings is 1. The lowest BCUT2D eigenvalue weighted by atomic mass is 10.2. The van der Waals surface area contributed by atoms with Gasteiger partial charge in [-0.3, -0.25) is 4.79 Å². The molecular weight excluding hydrogens is 378 g/mol. The molecule has 3 aromatic rings. The molecule has 2 aromatic carbocycles. The molecule has 1 aliphatic rings. The molecule has 1 fully saturated rings. The summed E-state index contributed by atoms with van der Waals surface area (Å²) in [5, 5.41) is 4.32. The summed E-state index contributed by atoms with van der Waals surface area (Å²) in [6.45, 7) is 1.21. The van der Waals surface area contributed by atoms with Gasteiger partial charge in [0.1, 0.15) is 23.7 Å². The van der Waals surface area contributed by atoms with E-state index >= 15 is 0 Å². The highest BCUT2D eigenvalue weighted by Crippen LogP contribution is 2.29. The molecule has 0 aliphatic carbocycles. The number of hydrogen-bond donors (Lipinski definition) is 1. The minimum absolute atomic E-state index is 0.0900. The minimum atomic E-state index is -0.301. The fourth-order valence-electron chi connectivity index (χ4n) is 3.10. The van der Waals surface area contributed by atoms with Crippen LogP contribution >= 0.6 is 11.6 Å². The van der Waals surface area contributed by atoms with E-state index in [1.165, 1.54) is 6.08 Å². The van der Waals surface area contributed by atoms with Gasteiger partial charge in [0.15, 0.2) is 0 Å². The van der Waals surface area contributed by atoms with E-state index in [-0.39, 0.29) is 12.0 Å². The molecule has 1 unspecified atom stereocenters. The van der Waals surface area contributed by atoms with Gasteiger partial charge < -0.3 is 19.2 Å². The normalized spacial score (nSPS) is 16.7. The van der Waals surface area contributed by atoms with Crippen LogP contribution in [0, 0.1) is 0 Å². The summed E-state index contributed by atoms with van der Waals surface area (Å²) in [6.07, 6.45) is 5.17. The smallest absolute Gasteiger partial charge is 0.248 e.